The lowest BCUT2D eigenvalue weighted by Crippen LogP contribution is -2.22. The summed E-state index contributed by atoms with van der Waals surface area (Å²) in [5.74, 6) is 1.15. The van der Waals surface area contributed by atoms with Gasteiger partial charge in [0.15, 0.2) is 0 Å². The predicted molar refractivity (Wildman–Crippen MR) is 59.7 cm³/mol. The van der Waals surface area contributed by atoms with E-state index in [0.29, 0.717) is 0 Å². The molecule has 0 saturated heterocycles. The Kier molecular flexibility index (Phi) is 1.95. The zero-order chi connectivity index (χ0) is 10.1. The molecule has 0 amide bonds. The van der Waals surface area contributed by atoms with E-state index in [4.69, 9.17) is 0 Å². The molecule has 0 bridgehead atoms. The summed E-state index contributed by atoms with van der Waals surface area (Å²) < 4.78 is 2.00. The number of fused-ring (bicyclic) bond motifs is 1. The normalized spacial score (nSPS) is 12.8. The molecule has 2 heterocycles. The Hall–Kier alpha value is -1.77. The largest absolute Gasteiger partial charge is 0.351 e. The van der Waals surface area contributed by atoms with Crippen LogP contribution in [0.5, 0.6) is 0 Å². The van der Waals surface area contributed by atoms with Gasteiger partial charge in [-0.05, 0) is 18.4 Å². The molecule has 2 aromatic rings. The molecule has 3 nitrogen and oxygen atoms in total. The van der Waals surface area contributed by atoms with Gasteiger partial charge in [-0.15, -0.1) is 0 Å². The van der Waals surface area contributed by atoms with Crippen LogP contribution in [0.4, 0.5) is 5.82 Å². The second-order valence-electron chi connectivity index (χ2n) is 3.84. The van der Waals surface area contributed by atoms with Gasteiger partial charge in [-0.1, -0.05) is 30.3 Å². The Morgan fingerprint density at radius 1 is 1.20 bits per heavy atom. The van der Waals surface area contributed by atoms with E-state index >= 15 is 0 Å². The van der Waals surface area contributed by atoms with E-state index in [1.54, 1.807) is 0 Å². The monoisotopic (exact) mass is 199 g/mol. The molecular weight excluding hydrogens is 186 g/mol. The average Bonchev–Trinajstić information content (AvgIpc) is 2.54. The summed E-state index contributed by atoms with van der Waals surface area (Å²) in [5, 5.41) is 7.67. The Labute approximate surface area is 88.7 Å². The number of aryl methyl sites for hydroxylation is 2. The third kappa shape index (κ3) is 1.61. The maximum atomic E-state index is 4.47. The van der Waals surface area contributed by atoms with Crippen LogP contribution in [0.25, 0.3) is 0 Å². The number of nitrogens with one attached hydrogen (secondary N) is 1. The highest BCUT2D eigenvalue weighted by Gasteiger charge is 2.13. The van der Waals surface area contributed by atoms with Crippen LogP contribution in [-0.2, 0) is 19.5 Å². The van der Waals surface area contributed by atoms with Crippen molar-refractivity contribution in [3.05, 3.63) is 47.7 Å². The summed E-state index contributed by atoms with van der Waals surface area (Å²) in [5.41, 5.74) is 2.56. The van der Waals surface area contributed by atoms with Crippen LogP contribution in [-0.4, -0.2) is 9.78 Å². The molecule has 76 valence electrons. The number of hydrogen-bond donors (Lipinski definition) is 1. The van der Waals surface area contributed by atoms with Gasteiger partial charge in [0.05, 0.1) is 5.69 Å². The molecular formula is C12H13N3. The van der Waals surface area contributed by atoms with Crippen LogP contribution >= 0.6 is 0 Å². The highest BCUT2D eigenvalue weighted by Crippen LogP contribution is 2.18. The second kappa shape index (κ2) is 3.42. The summed E-state index contributed by atoms with van der Waals surface area (Å²) in [6.45, 7) is 0.862. The first-order chi connectivity index (χ1) is 7.42. The van der Waals surface area contributed by atoms with Crippen LogP contribution < -0.4 is 5.32 Å². The van der Waals surface area contributed by atoms with Crippen molar-refractivity contribution in [2.24, 2.45) is 0 Å². The van der Waals surface area contributed by atoms with Gasteiger partial charge in [-0.25, -0.2) is 4.68 Å². The van der Waals surface area contributed by atoms with E-state index in [1.165, 1.54) is 11.3 Å². The minimum Gasteiger partial charge on any atom is -0.351 e. The quantitative estimate of drug-likeness (QED) is 0.820. The SMILES string of the molecule is c1ccc(CCc2cc3n(n2)CN3)cc1. The van der Waals surface area contributed by atoms with Gasteiger partial charge in [0.1, 0.15) is 12.5 Å². The van der Waals surface area contributed by atoms with E-state index < -0.39 is 0 Å². The Morgan fingerprint density at radius 3 is 2.67 bits per heavy atom. The lowest BCUT2D eigenvalue weighted by molar-refractivity contribution is 0.595. The van der Waals surface area contributed by atoms with Crippen molar-refractivity contribution < 1.29 is 0 Å². The highest BCUT2D eigenvalue weighted by atomic mass is 15.4. The van der Waals surface area contributed by atoms with E-state index in [9.17, 15) is 0 Å². The Balaban J connectivity index is 1.67. The van der Waals surface area contributed by atoms with Crippen LogP contribution in [0.2, 0.25) is 0 Å². The fourth-order valence-electron chi connectivity index (χ4n) is 1.84. The van der Waals surface area contributed by atoms with Gasteiger partial charge in [0.2, 0.25) is 0 Å². The molecule has 1 aliphatic rings. The van der Waals surface area contributed by atoms with E-state index in [2.05, 4.69) is 46.8 Å². The third-order valence-electron chi connectivity index (χ3n) is 2.75. The molecule has 3 rings (SSSR count). The topological polar surface area (TPSA) is 29.9 Å². The first-order valence-electron chi connectivity index (χ1n) is 5.26. The number of nitrogens with zero attached hydrogens (tertiary/aromatic N) is 2. The number of benzene rings is 1. The lowest BCUT2D eigenvalue weighted by Gasteiger charge is -2.17. The van der Waals surface area contributed by atoms with Crippen LogP contribution in [0, 0.1) is 0 Å². The standard InChI is InChI=1S/C12H13N3/c1-2-4-10(5-3-1)6-7-11-8-12-13-9-15(12)14-11/h1-5,8,13H,6-7,9H2. The van der Waals surface area contributed by atoms with Crippen LogP contribution in [0.1, 0.15) is 11.3 Å². The molecule has 0 saturated carbocycles. The van der Waals surface area contributed by atoms with Crippen molar-refractivity contribution in [1.29, 1.82) is 0 Å². The molecule has 1 N–H and O–H groups in total. The van der Waals surface area contributed by atoms with Gasteiger partial charge in [0.25, 0.3) is 0 Å². The van der Waals surface area contributed by atoms with Crippen molar-refractivity contribution in [1.82, 2.24) is 9.78 Å². The first-order valence-corrected chi connectivity index (χ1v) is 5.26. The molecule has 0 aliphatic carbocycles. The zero-order valence-electron chi connectivity index (χ0n) is 8.48. The van der Waals surface area contributed by atoms with Crippen molar-refractivity contribution in [3.63, 3.8) is 0 Å². The van der Waals surface area contributed by atoms with Crippen molar-refractivity contribution in [2.45, 2.75) is 19.5 Å². The second-order valence-corrected chi connectivity index (χ2v) is 3.84. The maximum absolute atomic E-state index is 4.47. The summed E-state index contributed by atoms with van der Waals surface area (Å²) in [6, 6.07) is 12.7. The predicted octanol–water partition coefficient (Wildman–Crippen LogP) is 2.05. The lowest BCUT2D eigenvalue weighted by atomic mass is 10.1. The van der Waals surface area contributed by atoms with Crippen molar-refractivity contribution in [3.8, 4) is 0 Å². The average molecular weight is 199 g/mol. The van der Waals surface area contributed by atoms with Gasteiger partial charge in [-0.2, -0.15) is 5.10 Å². The van der Waals surface area contributed by atoms with E-state index in [0.717, 1.165) is 25.3 Å². The van der Waals surface area contributed by atoms with E-state index in [-0.39, 0.29) is 0 Å². The van der Waals surface area contributed by atoms with Crippen molar-refractivity contribution in [2.75, 3.05) is 5.32 Å². The molecule has 0 unspecified atom stereocenters. The molecule has 1 aliphatic heterocycles. The van der Waals surface area contributed by atoms with Crippen molar-refractivity contribution >= 4 is 5.82 Å². The minimum atomic E-state index is 0.862. The Bertz CT molecular complexity index is 437. The highest BCUT2D eigenvalue weighted by molar-refractivity contribution is 5.42. The van der Waals surface area contributed by atoms with Gasteiger partial charge < -0.3 is 5.32 Å². The number of aromatic nitrogens is 2. The number of rotatable bonds is 3. The maximum Gasteiger partial charge on any atom is 0.128 e. The van der Waals surface area contributed by atoms with Crippen LogP contribution in [0.3, 0.4) is 0 Å². The van der Waals surface area contributed by atoms with Gasteiger partial charge in [0, 0.05) is 6.07 Å². The fourth-order valence-corrected chi connectivity index (χ4v) is 1.84. The van der Waals surface area contributed by atoms with Gasteiger partial charge in [-0.3, -0.25) is 0 Å². The van der Waals surface area contributed by atoms with Crippen LogP contribution in [0.15, 0.2) is 36.4 Å². The molecule has 15 heavy (non-hydrogen) atoms. The van der Waals surface area contributed by atoms with E-state index in [1.807, 2.05) is 4.68 Å². The molecule has 0 atom stereocenters. The fraction of sp³-hybridized carbons (Fsp3) is 0.250. The number of anilines is 1. The zero-order valence-corrected chi connectivity index (χ0v) is 8.48. The first kappa shape index (κ1) is 8.53. The summed E-state index contributed by atoms with van der Waals surface area (Å²) in [6.07, 6.45) is 2.09. The molecule has 0 fully saturated rings. The van der Waals surface area contributed by atoms with Gasteiger partial charge >= 0.3 is 0 Å². The molecule has 0 spiro atoms. The molecule has 3 heteroatoms. The molecule has 0 radical (unpaired) electrons. The third-order valence-corrected chi connectivity index (χ3v) is 2.75. The minimum absolute atomic E-state index is 0.862. The Morgan fingerprint density at radius 2 is 2.07 bits per heavy atom. The summed E-state index contributed by atoms with van der Waals surface area (Å²) in [4.78, 5) is 0. The summed E-state index contributed by atoms with van der Waals surface area (Å²) in [7, 11) is 0. The number of hydrogen-bond acceptors (Lipinski definition) is 2. The molecule has 1 aromatic heterocycles. The smallest absolute Gasteiger partial charge is 0.128 e. The summed E-state index contributed by atoms with van der Waals surface area (Å²) >= 11 is 0. The molecule has 1 aromatic carbocycles.